The van der Waals surface area contributed by atoms with E-state index in [0.717, 1.165) is 36.0 Å². The van der Waals surface area contributed by atoms with Crippen LogP contribution in [0.2, 0.25) is 0 Å². The molecule has 3 rings (SSSR count). The number of aromatic nitrogens is 2. The molecule has 1 aromatic carbocycles. The number of nitrogens with zero attached hydrogens (tertiary/aromatic N) is 3. The summed E-state index contributed by atoms with van der Waals surface area (Å²) in [5, 5.41) is 0. The molecule has 4 nitrogen and oxygen atoms in total. The van der Waals surface area contributed by atoms with Gasteiger partial charge in [-0.2, -0.15) is 0 Å². The SMILES string of the molecule is CC1CCN(c2nccc(-c3ccc(OC(C)C)c(C(C)(C)C)c3)n2)C1. The molecule has 1 atom stereocenters. The van der Waals surface area contributed by atoms with E-state index < -0.39 is 0 Å². The van der Waals surface area contributed by atoms with Crippen molar-refractivity contribution in [3.63, 3.8) is 0 Å². The quantitative estimate of drug-likeness (QED) is 0.769. The van der Waals surface area contributed by atoms with Crippen LogP contribution in [0.3, 0.4) is 0 Å². The minimum atomic E-state index is 0.000474. The highest BCUT2D eigenvalue weighted by Crippen LogP contribution is 2.35. The van der Waals surface area contributed by atoms with E-state index in [0.29, 0.717) is 5.92 Å². The van der Waals surface area contributed by atoms with Crippen molar-refractivity contribution in [2.45, 2.75) is 59.5 Å². The van der Waals surface area contributed by atoms with Crippen molar-refractivity contribution in [1.82, 2.24) is 9.97 Å². The predicted octanol–water partition coefficient (Wildman–Crippen LogP) is 5.07. The fourth-order valence-corrected chi connectivity index (χ4v) is 3.41. The second-order valence-electron chi connectivity index (χ2n) is 8.71. The largest absolute Gasteiger partial charge is 0.491 e. The van der Waals surface area contributed by atoms with E-state index in [9.17, 15) is 0 Å². The normalized spacial score (nSPS) is 17.8. The van der Waals surface area contributed by atoms with Gasteiger partial charge >= 0.3 is 0 Å². The standard InChI is InChI=1S/C22H31N3O/c1-15(2)26-20-8-7-17(13-18(20)22(4,5)6)19-9-11-23-21(24-19)25-12-10-16(3)14-25/h7-9,11,13,15-16H,10,12,14H2,1-6H3. The summed E-state index contributed by atoms with van der Waals surface area (Å²) < 4.78 is 6.04. The molecule has 140 valence electrons. The van der Waals surface area contributed by atoms with Crippen molar-refractivity contribution >= 4 is 5.95 Å². The zero-order chi connectivity index (χ0) is 18.9. The molecule has 0 amide bonds. The number of hydrogen-bond acceptors (Lipinski definition) is 4. The number of benzene rings is 1. The van der Waals surface area contributed by atoms with Crippen LogP contribution in [0.4, 0.5) is 5.95 Å². The summed E-state index contributed by atoms with van der Waals surface area (Å²) in [6.45, 7) is 15.1. The fraction of sp³-hybridized carbons (Fsp3) is 0.545. The third kappa shape index (κ3) is 4.17. The molecule has 26 heavy (non-hydrogen) atoms. The third-order valence-electron chi connectivity index (χ3n) is 4.80. The summed E-state index contributed by atoms with van der Waals surface area (Å²) in [5.74, 6) is 2.51. The molecule has 0 aliphatic carbocycles. The average molecular weight is 354 g/mol. The molecule has 2 aromatic rings. The number of hydrogen-bond donors (Lipinski definition) is 0. The van der Waals surface area contributed by atoms with Gasteiger partial charge in [-0.3, -0.25) is 0 Å². The van der Waals surface area contributed by atoms with Crippen LogP contribution in [0.1, 0.15) is 53.5 Å². The fourth-order valence-electron chi connectivity index (χ4n) is 3.41. The molecule has 2 heterocycles. The number of ether oxygens (including phenoxy) is 1. The van der Waals surface area contributed by atoms with E-state index in [-0.39, 0.29) is 11.5 Å². The Morgan fingerprint density at radius 2 is 1.96 bits per heavy atom. The maximum absolute atomic E-state index is 6.04. The summed E-state index contributed by atoms with van der Waals surface area (Å²) in [6.07, 6.45) is 3.24. The topological polar surface area (TPSA) is 38.2 Å². The van der Waals surface area contributed by atoms with Crippen molar-refractivity contribution in [1.29, 1.82) is 0 Å². The lowest BCUT2D eigenvalue weighted by atomic mass is 9.85. The summed E-state index contributed by atoms with van der Waals surface area (Å²) in [4.78, 5) is 11.6. The van der Waals surface area contributed by atoms with E-state index in [1.807, 2.05) is 12.3 Å². The Morgan fingerprint density at radius 3 is 2.58 bits per heavy atom. The Morgan fingerprint density at radius 1 is 1.19 bits per heavy atom. The molecule has 1 fully saturated rings. The molecule has 1 saturated heterocycles. The highest BCUT2D eigenvalue weighted by atomic mass is 16.5. The van der Waals surface area contributed by atoms with Gasteiger partial charge < -0.3 is 9.64 Å². The van der Waals surface area contributed by atoms with Gasteiger partial charge in [0.15, 0.2) is 0 Å². The van der Waals surface area contributed by atoms with Crippen LogP contribution >= 0.6 is 0 Å². The van der Waals surface area contributed by atoms with Crippen molar-refractivity contribution in [2.24, 2.45) is 5.92 Å². The molecule has 0 saturated carbocycles. The van der Waals surface area contributed by atoms with Crippen LogP contribution in [-0.4, -0.2) is 29.2 Å². The Balaban J connectivity index is 1.96. The maximum Gasteiger partial charge on any atom is 0.225 e. The van der Waals surface area contributed by atoms with E-state index in [4.69, 9.17) is 9.72 Å². The Labute approximate surface area is 157 Å². The monoisotopic (exact) mass is 353 g/mol. The van der Waals surface area contributed by atoms with Gasteiger partial charge in [0.2, 0.25) is 5.95 Å². The predicted molar refractivity (Wildman–Crippen MR) is 108 cm³/mol. The van der Waals surface area contributed by atoms with Crippen molar-refractivity contribution in [2.75, 3.05) is 18.0 Å². The molecule has 1 aliphatic heterocycles. The van der Waals surface area contributed by atoms with Crippen LogP contribution in [0, 0.1) is 5.92 Å². The van der Waals surface area contributed by atoms with Gasteiger partial charge in [-0.25, -0.2) is 9.97 Å². The lowest BCUT2D eigenvalue weighted by molar-refractivity contribution is 0.236. The van der Waals surface area contributed by atoms with E-state index in [1.54, 1.807) is 0 Å². The van der Waals surface area contributed by atoms with E-state index >= 15 is 0 Å². The highest BCUT2D eigenvalue weighted by Gasteiger charge is 2.23. The second kappa shape index (κ2) is 7.26. The van der Waals surface area contributed by atoms with Gasteiger partial charge in [-0.1, -0.05) is 27.7 Å². The molecule has 0 radical (unpaired) electrons. The first-order valence-corrected chi connectivity index (χ1v) is 9.63. The van der Waals surface area contributed by atoms with Gasteiger partial charge in [0.25, 0.3) is 0 Å². The number of rotatable bonds is 4. The van der Waals surface area contributed by atoms with Crippen LogP contribution in [0.15, 0.2) is 30.5 Å². The smallest absolute Gasteiger partial charge is 0.225 e. The molecule has 1 aromatic heterocycles. The van der Waals surface area contributed by atoms with Gasteiger partial charge in [0.05, 0.1) is 11.8 Å². The molecule has 0 bridgehead atoms. The van der Waals surface area contributed by atoms with Crippen molar-refractivity contribution in [3.8, 4) is 17.0 Å². The highest BCUT2D eigenvalue weighted by molar-refractivity contribution is 5.64. The summed E-state index contributed by atoms with van der Waals surface area (Å²) in [6, 6.07) is 8.39. The second-order valence-corrected chi connectivity index (χ2v) is 8.71. The molecule has 0 N–H and O–H groups in total. The Hall–Kier alpha value is -2.10. The molecular weight excluding hydrogens is 322 g/mol. The molecule has 1 aliphatic rings. The Bertz CT molecular complexity index is 764. The van der Waals surface area contributed by atoms with Gasteiger partial charge in [-0.05, 0) is 55.9 Å². The van der Waals surface area contributed by atoms with Gasteiger partial charge in [0.1, 0.15) is 5.75 Å². The first-order valence-electron chi connectivity index (χ1n) is 9.63. The van der Waals surface area contributed by atoms with Crippen LogP contribution in [0.25, 0.3) is 11.3 Å². The first kappa shape index (κ1) is 18.7. The van der Waals surface area contributed by atoms with Crippen LogP contribution in [0.5, 0.6) is 5.75 Å². The first-order chi connectivity index (χ1) is 12.2. The van der Waals surface area contributed by atoms with Crippen LogP contribution < -0.4 is 9.64 Å². The van der Waals surface area contributed by atoms with Gasteiger partial charge in [0, 0.05) is 30.4 Å². The van der Waals surface area contributed by atoms with Crippen LogP contribution in [-0.2, 0) is 5.41 Å². The number of anilines is 1. The zero-order valence-corrected chi connectivity index (χ0v) is 16.9. The van der Waals surface area contributed by atoms with Gasteiger partial charge in [-0.15, -0.1) is 0 Å². The molecular formula is C22H31N3O. The lowest BCUT2D eigenvalue weighted by Gasteiger charge is -2.25. The van der Waals surface area contributed by atoms with Crippen molar-refractivity contribution < 1.29 is 4.74 Å². The van der Waals surface area contributed by atoms with E-state index in [1.165, 1.54) is 12.0 Å². The maximum atomic E-state index is 6.04. The summed E-state index contributed by atoms with van der Waals surface area (Å²) in [5.41, 5.74) is 3.29. The van der Waals surface area contributed by atoms with Crippen molar-refractivity contribution in [3.05, 3.63) is 36.0 Å². The third-order valence-corrected chi connectivity index (χ3v) is 4.80. The molecule has 4 heteroatoms. The average Bonchev–Trinajstić information content (AvgIpc) is 3.00. The summed E-state index contributed by atoms with van der Waals surface area (Å²) >= 11 is 0. The van der Waals surface area contributed by atoms with E-state index in [2.05, 4.69) is 69.6 Å². The Kier molecular flexibility index (Phi) is 5.22. The minimum absolute atomic E-state index is 0.000474. The summed E-state index contributed by atoms with van der Waals surface area (Å²) in [7, 11) is 0. The molecule has 1 unspecified atom stereocenters. The molecule has 0 spiro atoms. The lowest BCUT2D eigenvalue weighted by Crippen LogP contribution is -2.21. The minimum Gasteiger partial charge on any atom is -0.491 e. The zero-order valence-electron chi connectivity index (χ0n) is 16.9.